The minimum absolute atomic E-state index is 0.120. The van der Waals surface area contributed by atoms with Crippen LogP contribution in [0, 0.1) is 13.8 Å². The Hall–Kier alpha value is -3.10. The number of imidazole rings is 1. The predicted octanol–water partition coefficient (Wildman–Crippen LogP) is 3.44. The second-order valence-corrected chi connectivity index (χ2v) is 6.44. The highest BCUT2D eigenvalue weighted by Crippen LogP contribution is 2.31. The highest BCUT2D eigenvalue weighted by atomic mass is 19.4. The van der Waals surface area contributed by atoms with Gasteiger partial charge in [0.25, 0.3) is 0 Å². The number of aryl methyl sites for hydroxylation is 1. The summed E-state index contributed by atoms with van der Waals surface area (Å²) in [5, 5.41) is 0. The summed E-state index contributed by atoms with van der Waals surface area (Å²) in [7, 11) is 1.80. The molecule has 0 saturated carbocycles. The number of rotatable bonds is 5. The molecular formula is C19H18F3N3O3. The summed E-state index contributed by atoms with van der Waals surface area (Å²) >= 11 is 0. The van der Waals surface area contributed by atoms with E-state index in [1.54, 1.807) is 32.2 Å². The Morgan fingerprint density at radius 2 is 1.86 bits per heavy atom. The van der Waals surface area contributed by atoms with Crippen LogP contribution in [-0.4, -0.2) is 32.5 Å². The largest absolute Gasteiger partial charge is 0.456 e. The fourth-order valence-electron chi connectivity index (χ4n) is 2.99. The number of para-hydroxylation sites is 2. The zero-order valence-electron chi connectivity index (χ0n) is 15.5. The Kier molecular flexibility index (Phi) is 5.01. The van der Waals surface area contributed by atoms with Crippen molar-refractivity contribution in [1.29, 1.82) is 0 Å². The van der Waals surface area contributed by atoms with E-state index in [9.17, 15) is 22.8 Å². The number of carbonyl (C=O) groups is 2. The first-order valence-corrected chi connectivity index (χ1v) is 8.43. The van der Waals surface area contributed by atoms with Crippen molar-refractivity contribution in [2.75, 3.05) is 6.61 Å². The number of Topliss-reactive ketones (excluding diaryl/α,β-unsaturated/α-hetero) is 1. The summed E-state index contributed by atoms with van der Waals surface area (Å²) < 4.78 is 47.3. The van der Waals surface area contributed by atoms with E-state index in [4.69, 9.17) is 4.74 Å². The topological polar surface area (TPSA) is 66.1 Å². The van der Waals surface area contributed by atoms with Crippen LogP contribution in [0.15, 0.2) is 30.3 Å². The van der Waals surface area contributed by atoms with Gasteiger partial charge in [-0.05, 0) is 32.0 Å². The number of halogens is 3. The molecule has 0 spiro atoms. The van der Waals surface area contributed by atoms with Crippen LogP contribution in [0.1, 0.15) is 27.6 Å². The van der Waals surface area contributed by atoms with Gasteiger partial charge < -0.3 is 13.9 Å². The van der Waals surface area contributed by atoms with Gasteiger partial charge in [-0.2, -0.15) is 13.2 Å². The van der Waals surface area contributed by atoms with Crippen LogP contribution in [0.4, 0.5) is 13.2 Å². The molecule has 0 N–H and O–H groups in total. The maximum Gasteiger partial charge on any atom is 0.449 e. The molecule has 148 valence electrons. The van der Waals surface area contributed by atoms with Gasteiger partial charge >= 0.3 is 12.1 Å². The summed E-state index contributed by atoms with van der Waals surface area (Å²) in [5.41, 5.74) is 2.28. The number of ketones is 1. The maximum absolute atomic E-state index is 13.3. The number of hydrogen-bond acceptors (Lipinski definition) is 4. The fraction of sp³-hybridized carbons (Fsp3) is 0.316. The Morgan fingerprint density at radius 1 is 1.18 bits per heavy atom. The molecule has 0 bridgehead atoms. The molecule has 0 unspecified atom stereocenters. The lowest BCUT2D eigenvalue weighted by Gasteiger charge is -2.11. The summed E-state index contributed by atoms with van der Waals surface area (Å²) in [4.78, 5) is 28.0. The highest BCUT2D eigenvalue weighted by Gasteiger charge is 2.38. The van der Waals surface area contributed by atoms with Crippen LogP contribution in [0.5, 0.6) is 0 Å². The first kappa shape index (κ1) is 19.7. The van der Waals surface area contributed by atoms with E-state index in [0.29, 0.717) is 5.56 Å². The molecule has 0 atom stereocenters. The summed E-state index contributed by atoms with van der Waals surface area (Å²) in [6, 6.07) is 7.65. The van der Waals surface area contributed by atoms with Crippen LogP contribution in [0.2, 0.25) is 0 Å². The number of carbonyl (C=O) groups excluding carboxylic acids is 2. The van der Waals surface area contributed by atoms with E-state index in [2.05, 4.69) is 4.98 Å². The molecule has 0 radical (unpaired) electrons. The quantitative estimate of drug-likeness (QED) is 0.492. The molecule has 0 fully saturated rings. The van der Waals surface area contributed by atoms with Crippen LogP contribution in [0.3, 0.4) is 0 Å². The number of hydrogen-bond donors (Lipinski definition) is 0. The predicted molar refractivity (Wildman–Crippen MR) is 94.9 cm³/mol. The van der Waals surface area contributed by atoms with Gasteiger partial charge in [-0.15, -0.1) is 0 Å². The van der Waals surface area contributed by atoms with Gasteiger partial charge in [-0.25, -0.2) is 4.98 Å². The second kappa shape index (κ2) is 7.14. The number of benzene rings is 1. The molecule has 1 aromatic carbocycles. The Bertz CT molecular complexity index is 1060. The monoisotopic (exact) mass is 393 g/mol. The maximum atomic E-state index is 13.3. The third-order valence-electron chi connectivity index (χ3n) is 4.64. The minimum Gasteiger partial charge on any atom is -0.456 e. The lowest BCUT2D eigenvalue weighted by atomic mass is 10.1. The average molecular weight is 393 g/mol. The van der Waals surface area contributed by atoms with Gasteiger partial charge in [-0.3, -0.25) is 9.59 Å². The van der Waals surface area contributed by atoms with Crippen molar-refractivity contribution < 1.29 is 27.5 Å². The van der Waals surface area contributed by atoms with Gasteiger partial charge in [0.1, 0.15) is 6.54 Å². The number of nitrogens with zero attached hydrogens (tertiary/aromatic N) is 3. The van der Waals surface area contributed by atoms with Crippen LogP contribution < -0.4 is 0 Å². The third-order valence-corrected chi connectivity index (χ3v) is 4.64. The van der Waals surface area contributed by atoms with E-state index in [-0.39, 0.29) is 11.0 Å². The van der Waals surface area contributed by atoms with E-state index in [1.165, 1.54) is 12.1 Å². The Balaban J connectivity index is 1.76. The molecule has 6 nitrogen and oxygen atoms in total. The van der Waals surface area contributed by atoms with Gasteiger partial charge in [0, 0.05) is 24.0 Å². The second-order valence-electron chi connectivity index (χ2n) is 6.44. The van der Waals surface area contributed by atoms with Crippen molar-refractivity contribution in [3.63, 3.8) is 0 Å². The van der Waals surface area contributed by atoms with E-state index >= 15 is 0 Å². The third kappa shape index (κ3) is 3.64. The molecule has 0 aliphatic carbocycles. The molecule has 2 aromatic heterocycles. The number of alkyl halides is 3. The smallest absolute Gasteiger partial charge is 0.449 e. The molecule has 2 heterocycles. The Labute approximate surface area is 158 Å². The fourth-order valence-corrected chi connectivity index (χ4v) is 2.99. The molecule has 9 heteroatoms. The summed E-state index contributed by atoms with van der Waals surface area (Å²) in [5.74, 6) is -2.56. The van der Waals surface area contributed by atoms with Crippen molar-refractivity contribution >= 4 is 22.8 Å². The van der Waals surface area contributed by atoms with Crippen LogP contribution >= 0.6 is 0 Å². The zero-order valence-corrected chi connectivity index (χ0v) is 15.5. The molecular weight excluding hydrogens is 375 g/mol. The number of aromatic nitrogens is 3. The van der Waals surface area contributed by atoms with E-state index in [0.717, 1.165) is 16.0 Å². The summed E-state index contributed by atoms with van der Waals surface area (Å²) in [6.07, 6.45) is -4.73. The van der Waals surface area contributed by atoms with Crippen LogP contribution in [0.25, 0.3) is 11.0 Å². The van der Waals surface area contributed by atoms with Crippen molar-refractivity contribution in [2.45, 2.75) is 26.6 Å². The Morgan fingerprint density at radius 3 is 2.46 bits per heavy atom. The summed E-state index contributed by atoms with van der Waals surface area (Å²) in [6.45, 7) is 2.35. The van der Waals surface area contributed by atoms with Crippen molar-refractivity contribution in [1.82, 2.24) is 14.1 Å². The highest BCUT2D eigenvalue weighted by molar-refractivity contribution is 5.99. The lowest BCUT2D eigenvalue weighted by Crippen LogP contribution is -2.22. The van der Waals surface area contributed by atoms with Gasteiger partial charge in [0.05, 0.1) is 11.0 Å². The van der Waals surface area contributed by atoms with Crippen molar-refractivity contribution in [3.05, 3.63) is 53.1 Å². The molecule has 28 heavy (non-hydrogen) atoms. The zero-order chi connectivity index (χ0) is 20.6. The average Bonchev–Trinajstić information content (AvgIpc) is 3.13. The SMILES string of the molecule is Cc1cc(C(=O)COC(=O)Cn2c(C(F)(F)F)nc3ccccc32)c(C)n1C. The molecule has 3 rings (SSSR count). The van der Waals surface area contributed by atoms with Gasteiger partial charge in [0.2, 0.25) is 11.6 Å². The van der Waals surface area contributed by atoms with Gasteiger partial charge in [0.15, 0.2) is 6.61 Å². The molecule has 0 aliphatic heterocycles. The first-order valence-electron chi connectivity index (χ1n) is 8.43. The molecule has 0 aliphatic rings. The van der Waals surface area contributed by atoms with Gasteiger partial charge in [-0.1, -0.05) is 12.1 Å². The molecule has 0 amide bonds. The molecule has 3 aromatic rings. The lowest BCUT2D eigenvalue weighted by molar-refractivity contribution is -0.150. The standard InChI is InChI=1S/C19H18F3N3O3/c1-11-8-13(12(2)24(11)3)16(26)10-28-17(27)9-25-15-7-5-4-6-14(15)23-18(25)19(20,21)22/h4-8H,9-10H2,1-3H3. The number of esters is 1. The molecule has 0 saturated heterocycles. The van der Waals surface area contributed by atoms with Crippen molar-refractivity contribution in [3.8, 4) is 0 Å². The van der Waals surface area contributed by atoms with Crippen LogP contribution in [-0.2, 0) is 29.3 Å². The normalized spacial score (nSPS) is 11.8. The first-order chi connectivity index (χ1) is 13.1. The number of ether oxygens (including phenoxy) is 1. The van der Waals surface area contributed by atoms with E-state index < -0.39 is 36.9 Å². The number of fused-ring (bicyclic) bond motifs is 1. The minimum atomic E-state index is -4.73. The van der Waals surface area contributed by atoms with E-state index in [1.807, 2.05) is 11.5 Å². The van der Waals surface area contributed by atoms with Crippen molar-refractivity contribution in [2.24, 2.45) is 7.05 Å².